The van der Waals surface area contributed by atoms with E-state index in [2.05, 4.69) is 19.7 Å². The Morgan fingerprint density at radius 3 is 2.38 bits per heavy atom. The molecule has 0 fully saturated rings. The summed E-state index contributed by atoms with van der Waals surface area (Å²) >= 11 is 0. The van der Waals surface area contributed by atoms with Crippen LogP contribution in [-0.2, 0) is 4.74 Å². The number of hydrogen-bond donors (Lipinski definition) is 1. The van der Waals surface area contributed by atoms with E-state index in [1.807, 2.05) is 6.92 Å². The number of aliphatic hydroxyl groups excluding tert-OH is 1. The Hall–Kier alpha value is -0.860. The molecule has 0 aliphatic heterocycles. The van der Waals surface area contributed by atoms with E-state index in [9.17, 15) is 5.11 Å². The molecule has 0 radical (unpaired) electrons. The van der Waals surface area contributed by atoms with E-state index in [1.165, 1.54) is 6.08 Å². The normalized spacial score (nSPS) is 17.1. The molecule has 2 nitrogen and oxygen atoms in total. The van der Waals surface area contributed by atoms with Crippen LogP contribution in [0.1, 0.15) is 13.3 Å². The Balaban J connectivity index is 4.38. The molecule has 13 heavy (non-hydrogen) atoms. The van der Waals surface area contributed by atoms with Crippen molar-refractivity contribution in [1.29, 1.82) is 0 Å². The molecule has 0 aromatic heterocycles. The van der Waals surface area contributed by atoms with Crippen LogP contribution < -0.4 is 0 Å². The zero-order chi connectivity index (χ0) is 10.3. The topological polar surface area (TPSA) is 29.5 Å². The van der Waals surface area contributed by atoms with Crippen LogP contribution in [0.15, 0.2) is 38.0 Å². The van der Waals surface area contributed by atoms with Gasteiger partial charge in [0.25, 0.3) is 0 Å². The van der Waals surface area contributed by atoms with Crippen LogP contribution in [0.2, 0.25) is 0 Å². The molecule has 2 atom stereocenters. The largest absolute Gasteiger partial charge is 0.386 e. The van der Waals surface area contributed by atoms with E-state index < -0.39 is 11.7 Å². The van der Waals surface area contributed by atoms with Crippen molar-refractivity contribution in [2.24, 2.45) is 0 Å². The Bertz CT molecular complexity index is 187. The van der Waals surface area contributed by atoms with Crippen LogP contribution in [0, 0.1) is 0 Å². The molecule has 0 aromatic carbocycles. The van der Waals surface area contributed by atoms with E-state index in [4.69, 9.17) is 4.74 Å². The number of aliphatic hydroxyl groups is 1. The smallest absolute Gasteiger partial charge is 0.101 e. The van der Waals surface area contributed by atoms with Crippen LogP contribution in [0.5, 0.6) is 0 Å². The average molecular weight is 182 g/mol. The van der Waals surface area contributed by atoms with Crippen molar-refractivity contribution in [2.45, 2.75) is 25.0 Å². The first-order valence-corrected chi connectivity index (χ1v) is 4.27. The Morgan fingerprint density at radius 1 is 1.38 bits per heavy atom. The zero-order valence-corrected chi connectivity index (χ0v) is 8.20. The van der Waals surface area contributed by atoms with Gasteiger partial charge in [0, 0.05) is 0 Å². The molecule has 0 saturated carbocycles. The lowest BCUT2D eigenvalue weighted by molar-refractivity contribution is -0.0823. The van der Waals surface area contributed by atoms with Gasteiger partial charge >= 0.3 is 0 Å². The third-order valence-corrected chi connectivity index (χ3v) is 1.93. The van der Waals surface area contributed by atoms with Gasteiger partial charge in [-0.2, -0.15) is 0 Å². The van der Waals surface area contributed by atoms with E-state index in [0.717, 1.165) is 0 Å². The maximum atomic E-state index is 9.61. The van der Waals surface area contributed by atoms with Crippen molar-refractivity contribution in [3.63, 3.8) is 0 Å². The molecule has 0 aliphatic rings. The highest BCUT2D eigenvalue weighted by Crippen LogP contribution is 2.21. The van der Waals surface area contributed by atoms with Gasteiger partial charge in [-0.05, 0) is 13.3 Å². The lowest BCUT2D eigenvalue weighted by Crippen LogP contribution is -2.40. The molecule has 0 amide bonds. The van der Waals surface area contributed by atoms with Crippen molar-refractivity contribution in [2.75, 3.05) is 6.61 Å². The second-order valence-electron chi connectivity index (χ2n) is 3.09. The van der Waals surface area contributed by atoms with Gasteiger partial charge < -0.3 is 9.84 Å². The van der Waals surface area contributed by atoms with E-state index in [1.54, 1.807) is 12.2 Å². The summed E-state index contributed by atoms with van der Waals surface area (Å²) in [5.74, 6) is 0. The maximum absolute atomic E-state index is 9.61. The number of hydrogen-bond acceptors (Lipinski definition) is 2. The van der Waals surface area contributed by atoms with Crippen LogP contribution in [0.25, 0.3) is 0 Å². The second-order valence-corrected chi connectivity index (χ2v) is 3.09. The molecule has 0 aromatic rings. The molecule has 0 unspecified atom stereocenters. The molecular weight excluding hydrogens is 164 g/mol. The zero-order valence-electron chi connectivity index (χ0n) is 8.20. The highest BCUT2D eigenvalue weighted by atomic mass is 16.5. The summed E-state index contributed by atoms with van der Waals surface area (Å²) in [4.78, 5) is 0. The fraction of sp³-hybridized carbons (Fsp3) is 0.455. The summed E-state index contributed by atoms with van der Waals surface area (Å²) in [5, 5.41) is 9.61. The van der Waals surface area contributed by atoms with E-state index >= 15 is 0 Å². The van der Waals surface area contributed by atoms with Crippen LogP contribution in [0.3, 0.4) is 0 Å². The summed E-state index contributed by atoms with van der Waals surface area (Å²) in [6.07, 6.45) is 4.72. The molecule has 2 heteroatoms. The monoisotopic (exact) mass is 182 g/mol. The maximum Gasteiger partial charge on any atom is 0.101 e. The minimum atomic E-state index is -0.689. The summed E-state index contributed by atoms with van der Waals surface area (Å²) in [5.41, 5.74) is -0.641. The van der Waals surface area contributed by atoms with Crippen molar-refractivity contribution < 1.29 is 9.84 Å². The third-order valence-electron chi connectivity index (χ3n) is 1.93. The van der Waals surface area contributed by atoms with E-state index in [-0.39, 0.29) is 0 Å². The molecule has 0 spiro atoms. The van der Waals surface area contributed by atoms with Crippen molar-refractivity contribution in [3.05, 3.63) is 38.0 Å². The Kier molecular flexibility index (Phi) is 5.35. The van der Waals surface area contributed by atoms with Crippen molar-refractivity contribution >= 4 is 0 Å². The van der Waals surface area contributed by atoms with Gasteiger partial charge in [0.15, 0.2) is 0 Å². The van der Waals surface area contributed by atoms with E-state index in [0.29, 0.717) is 13.0 Å². The highest BCUT2D eigenvalue weighted by molar-refractivity contribution is 4.98. The number of rotatable bonds is 7. The van der Waals surface area contributed by atoms with Gasteiger partial charge in [-0.1, -0.05) is 18.2 Å². The van der Waals surface area contributed by atoms with Gasteiger partial charge in [-0.3, -0.25) is 0 Å². The first kappa shape index (κ1) is 12.1. The van der Waals surface area contributed by atoms with Gasteiger partial charge in [0.05, 0.1) is 12.2 Å². The van der Waals surface area contributed by atoms with Gasteiger partial charge in [0.1, 0.15) is 6.10 Å². The summed E-state index contributed by atoms with van der Waals surface area (Å²) in [6.45, 7) is 12.9. The minimum absolute atomic E-state index is 0.412. The quantitative estimate of drug-likeness (QED) is 0.611. The Labute approximate surface area is 80.2 Å². The summed E-state index contributed by atoms with van der Waals surface area (Å²) < 4.78 is 5.46. The first-order valence-electron chi connectivity index (χ1n) is 4.27. The van der Waals surface area contributed by atoms with Crippen molar-refractivity contribution in [1.82, 2.24) is 0 Å². The van der Waals surface area contributed by atoms with Gasteiger partial charge in [0.2, 0.25) is 0 Å². The predicted octanol–water partition coefficient (Wildman–Crippen LogP) is 2.07. The molecule has 74 valence electrons. The molecule has 0 heterocycles. The molecule has 0 rings (SSSR count). The molecule has 0 saturated heterocycles. The van der Waals surface area contributed by atoms with Crippen LogP contribution >= 0.6 is 0 Å². The second kappa shape index (κ2) is 5.73. The number of ether oxygens (including phenoxy) is 1. The fourth-order valence-electron chi connectivity index (χ4n) is 1.05. The van der Waals surface area contributed by atoms with Crippen LogP contribution in [0.4, 0.5) is 0 Å². The Morgan fingerprint density at radius 2 is 2.00 bits per heavy atom. The van der Waals surface area contributed by atoms with Gasteiger partial charge in [-0.25, -0.2) is 0 Å². The highest BCUT2D eigenvalue weighted by Gasteiger charge is 2.30. The standard InChI is InChI=1S/C11H18O2/c1-5-8-11(4,10(12)7-3)13-9-6-2/h5-7,10,12H,1-3,8-9H2,4H3/t10-,11+/m0/s1. The predicted molar refractivity (Wildman–Crippen MR) is 55.6 cm³/mol. The first-order chi connectivity index (χ1) is 6.10. The molecule has 1 N–H and O–H groups in total. The summed E-state index contributed by atoms with van der Waals surface area (Å²) in [7, 11) is 0. The van der Waals surface area contributed by atoms with Crippen LogP contribution in [-0.4, -0.2) is 23.4 Å². The van der Waals surface area contributed by atoms with Crippen molar-refractivity contribution in [3.8, 4) is 0 Å². The van der Waals surface area contributed by atoms with Gasteiger partial charge in [-0.15, -0.1) is 19.7 Å². The average Bonchev–Trinajstić information content (AvgIpc) is 2.14. The molecule has 0 aliphatic carbocycles. The lowest BCUT2D eigenvalue weighted by atomic mass is 9.95. The fourth-order valence-corrected chi connectivity index (χ4v) is 1.05. The SMILES string of the molecule is C=CCO[C@](C)(CC=C)[C@@H](O)C=C. The lowest BCUT2D eigenvalue weighted by Gasteiger charge is -2.31. The summed E-state index contributed by atoms with van der Waals surface area (Å²) in [6, 6.07) is 0. The molecular formula is C11H18O2. The molecule has 0 bridgehead atoms. The third kappa shape index (κ3) is 3.57. The minimum Gasteiger partial charge on any atom is -0.386 e.